The van der Waals surface area contributed by atoms with Crippen LogP contribution >= 0.6 is 0 Å². The number of hydrogen-bond acceptors (Lipinski definition) is 3. The largest absolute Gasteiger partial charge is 0.316 e. The minimum absolute atomic E-state index is 0.150. The van der Waals surface area contributed by atoms with E-state index in [1.807, 2.05) is 10.7 Å². The van der Waals surface area contributed by atoms with Gasteiger partial charge < -0.3 is 5.32 Å². The Morgan fingerprint density at radius 3 is 3.27 bits per heavy atom. The first-order valence-electron chi connectivity index (χ1n) is 5.59. The number of carbonyl (C=O) groups excluding carboxylic acids is 1. The maximum Gasteiger partial charge on any atom is 0.185 e. The predicted octanol–water partition coefficient (Wildman–Crippen LogP) is 1.09. The molecule has 0 spiro atoms. The minimum atomic E-state index is 0.150. The van der Waals surface area contributed by atoms with Gasteiger partial charge in [0.1, 0.15) is 5.69 Å². The molecule has 1 aliphatic rings. The van der Waals surface area contributed by atoms with Gasteiger partial charge in [-0.05, 0) is 25.5 Å². The van der Waals surface area contributed by atoms with Crippen LogP contribution in [0.4, 0.5) is 0 Å². The quantitative estimate of drug-likeness (QED) is 0.752. The number of Topliss-reactive ketones (excluding diaryl/α,β-unsaturated/α-hetero) is 1. The molecule has 1 unspecified atom stereocenters. The Morgan fingerprint density at radius 2 is 2.60 bits per heavy atom. The molecular formula is C11H17N3O. The summed E-state index contributed by atoms with van der Waals surface area (Å²) in [5, 5.41) is 7.39. The third-order valence-corrected chi connectivity index (χ3v) is 2.84. The van der Waals surface area contributed by atoms with Crippen molar-refractivity contribution in [1.82, 2.24) is 15.1 Å². The standard InChI is InChI=1S/C11H17N3O/c1-2-7-14-10(4-6-13-14)11(15)9-3-5-12-8-9/h4,6,9,12H,2-3,5,7-8H2,1H3. The van der Waals surface area contributed by atoms with Gasteiger partial charge >= 0.3 is 0 Å². The molecule has 1 saturated heterocycles. The lowest BCUT2D eigenvalue weighted by molar-refractivity contribution is 0.0919. The molecule has 0 bridgehead atoms. The molecule has 4 nitrogen and oxygen atoms in total. The second-order valence-electron chi connectivity index (χ2n) is 3.99. The van der Waals surface area contributed by atoms with Crippen LogP contribution in [0.25, 0.3) is 0 Å². The molecule has 2 heterocycles. The molecular weight excluding hydrogens is 190 g/mol. The highest BCUT2D eigenvalue weighted by atomic mass is 16.1. The number of aromatic nitrogens is 2. The average Bonchev–Trinajstić information content (AvgIpc) is 2.87. The summed E-state index contributed by atoms with van der Waals surface area (Å²) in [5.74, 6) is 0.392. The molecule has 0 aliphatic carbocycles. The first-order chi connectivity index (χ1) is 7.33. The topological polar surface area (TPSA) is 46.9 Å². The van der Waals surface area contributed by atoms with E-state index in [9.17, 15) is 4.79 Å². The molecule has 1 aromatic rings. The summed E-state index contributed by atoms with van der Waals surface area (Å²) in [4.78, 5) is 12.1. The van der Waals surface area contributed by atoms with Crippen LogP contribution in [0, 0.1) is 5.92 Å². The van der Waals surface area contributed by atoms with Crippen molar-refractivity contribution in [1.29, 1.82) is 0 Å². The fraction of sp³-hybridized carbons (Fsp3) is 0.636. The summed E-state index contributed by atoms with van der Waals surface area (Å²) in [6, 6.07) is 1.83. The van der Waals surface area contributed by atoms with Crippen LogP contribution in [0.15, 0.2) is 12.3 Å². The predicted molar refractivity (Wildman–Crippen MR) is 57.8 cm³/mol. The van der Waals surface area contributed by atoms with Crippen molar-refractivity contribution in [3.8, 4) is 0 Å². The highest BCUT2D eigenvalue weighted by molar-refractivity contribution is 5.96. The lowest BCUT2D eigenvalue weighted by Gasteiger charge is -2.09. The summed E-state index contributed by atoms with van der Waals surface area (Å²) in [6.07, 6.45) is 3.67. The Balaban J connectivity index is 2.13. The maximum absolute atomic E-state index is 12.1. The molecule has 1 N–H and O–H groups in total. The van der Waals surface area contributed by atoms with E-state index >= 15 is 0 Å². The van der Waals surface area contributed by atoms with E-state index in [2.05, 4.69) is 17.3 Å². The van der Waals surface area contributed by atoms with Gasteiger partial charge in [0.2, 0.25) is 0 Å². The molecule has 0 aromatic carbocycles. The minimum Gasteiger partial charge on any atom is -0.316 e. The zero-order valence-electron chi connectivity index (χ0n) is 9.07. The zero-order chi connectivity index (χ0) is 10.7. The van der Waals surface area contributed by atoms with Crippen molar-refractivity contribution in [3.05, 3.63) is 18.0 Å². The number of aryl methyl sites for hydroxylation is 1. The smallest absolute Gasteiger partial charge is 0.185 e. The lowest BCUT2D eigenvalue weighted by Crippen LogP contribution is -2.21. The van der Waals surface area contributed by atoms with Crippen LogP contribution < -0.4 is 5.32 Å². The molecule has 0 amide bonds. The SMILES string of the molecule is CCCn1nccc1C(=O)C1CCNC1. The van der Waals surface area contributed by atoms with E-state index in [-0.39, 0.29) is 11.7 Å². The van der Waals surface area contributed by atoms with Crippen molar-refractivity contribution in [2.45, 2.75) is 26.3 Å². The number of nitrogens with zero attached hydrogens (tertiary/aromatic N) is 2. The van der Waals surface area contributed by atoms with E-state index in [0.29, 0.717) is 0 Å². The van der Waals surface area contributed by atoms with Gasteiger partial charge in [-0.25, -0.2) is 0 Å². The van der Waals surface area contributed by atoms with Crippen molar-refractivity contribution < 1.29 is 4.79 Å². The van der Waals surface area contributed by atoms with E-state index in [1.54, 1.807) is 6.20 Å². The van der Waals surface area contributed by atoms with Gasteiger partial charge in [-0.1, -0.05) is 6.92 Å². The average molecular weight is 207 g/mol. The zero-order valence-corrected chi connectivity index (χ0v) is 9.07. The van der Waals surface area contributed by atoms with Gasteiger partial charge in [0, 0.05) is 25.2 Å². The summed E-state index contributed by atoms with van der Waals surface area (Å²) in [7, 11) is 0. The first-order valence-corrected chi connectivity index (χ1v) is 5.59. The second kappa shape index (κ2) is 4.57. The van der Waals surface area contributed by atoms with Crippen molar-refractivity contribution in [2.75, 3.05) is 13.1 Å². The van der Waals surface area contributed by atoms with Gasteiger partial charge in [-0.15, -0.1) is 0 Å². The molecule has 2 rings (SSSR count). The Morgan fingerprint density at radius 1 is 1.73 bits per heavy atom. The Bertz CT molecular complexity index is 339. The van der Waals surface area contributed by atoms with Crippen LogP contribution in [0.1, 0.15) is 30.3 Å². The normalized spacial score (nSPS) is 20.7. The number of carbonyl (C=O) groups is 1. The van der Waals surface area contributed by atoms with Crippen LogP contribution in [0.3, 0.4) is 0 Å². The van der Waals surface area contributed by atoms with Gasteiger partial charge in [-0.3, -0.25) is 9.48 Å². The summed E-state index contributed by atoms with van der Waals surface area (Å²) >= 11 is 0. The number of rotatable bonds is 4. The Hall–Kier alpha value is -1.16. The highest BCUT2D eigenvalue weighted by Gasteiger charge is 2.25. The monoisotopic (exact) mass is 207 g/mol. The summed E-state index contributed by atoms with van der Waals surface area (Å²) in [5.41, 5.74) is 0.769. The first kappa shape index (κ1) is 10.4. The molecule has 15 heavy (non-hydrogen) atoms. The molecule has 1 aromatic heterocycles. The molecule has 0 radical (unpaired) electrons. The second-order valence-corrected chi connectivity index (χ2v) is 3.99. The number of ketones is 1. The van der Waals surface area contributed by atoms with Crippen LogP contribution in [0.5, 0.6) is 0 Å². The Labute approximate surface area is 89.7 Å². The molecule has 82 valence electrons. The highest BCUT2D eigenvalue weighted by Crippen LogP contribution is 2.15. The maximum atomic E-state index is 12.1. The van der Waals surface area contributed by atoms with E-state index in [1.165, 1.54) is 0 Å². The number of hydrogen-bond donors (Lipinski definition) is 1. The lowest BCUT2D eigenvalue weighted by atomic mass is 10.0. The van der Waals surface area contributed by atoms with Crippen molar-refractivity contribution >= 4 is 5.78 Å². The third kappa shape index (κ3) is 2.09. The van der Waals surface area contributed by atoms with Crippen LogP contribution in [0.2, 0.25) is 0 Å². The molecule has 1 atom stereocenters. The Kier molecular flexibility index (Phi) is 3.16. The van der Waals surface area contributed by atoms with E-state index < -0.39 is 0 Å². The number of nitrogens with one attached hydrogen (secondary N) is 1. The van der Waals surface area contributed by atoms with E-state index in [0.717, 1.165) is 38.2 Å². The van der Waals surface area contributed by atoms with Crippen molar-refractivity contribution in [2.24, 2.45) is 5.92 Å². The fourth-order valence-electron chi connectivity index (χ4n) is 2.02. The molecule has 4 heteroatoms. The molecule has 0 saturated carbocycles. The van der Waals surface area contributed by atoms with Gasteiger partial charge in [0.15, 0.2) is 5.78 Å². The molecule has 1 fully saturated rings. The fourth-order valence-corrected chi connectivity index (χ4v) is 2.02. The van der Waals surface area contributed by atoms with Gasteiger partial charge in [0.25, 0.3) is 0 Å². The molecule has 1 aliphatic heterocycles. The van der Waals surface area contributed by atoms with Crippen molar-refractivity contribution in [3.63, 3.8) is 0 Å². The van der Waals surface area contributed by atoms with Gasteiger partial charge in [0.05, 0.1) is 0 Å². The van der Waals surface area contributed by atoms with Crippen LogP contribution in [-0.4, -0.2) is 28.7 Å². The van der Waals surface area contributed by atoms with Gasteiger partial charge in [-0.2, -0.15) is 5.10 Å². The van der Waals surface area contributed by atoms with E-state index in [4.69, 9.17) is 0 Å². The van der Waals surface area contributed by atoms with Crippen LogP contribution in [-0.2, 0) is 6.54 Å². The third-order valence-electron chi connectivity index (χ3n) is 2.84. The summed E-state index contributed by atoms with van der Waals surface area (Å²) < 4.78 is 1.82. The summed E-state index contributed by atoms with van der Waals surface area (Å²) in [6.45, 7) is 4.69.